The van der Waals surface area contributed by atoms with Gasteiger partial charge in [-0.3, -0.25) is 4.79 Å². The maximum atomic E-state index is 12.7. The average Bonchev–Trinajstić information content (AvgIpc) is 2.38. The van der Waals surface area contributed by atoms with Gasteiger partial charge < -0.3 is 4.57 Å². The molecule has 1 heterocycles. The predicted molar refractivity (Wildman–Crippen MR) is 84.2 cm³/mol. The Hall–Kier alpha value is -0.700. The van der Waals surface area contributed by atoms with Crippen molar-refractivity contribution in [3.63, 3.8) is 0 Å². The second-order valence-electron chi connectivity index (χ2n) is 6.62. The molecule has 0 radical (unpaired) electrons. The van der Waals surface area contributed by atoms with E-state index in [-0.39, 0.29) is 11.0 Å². The summed E-state index contributed by atoms with van der Waals surface area (Å²) < 4.78 is 2.07. The molecule has 0 unspecified atom stereocenters. The molecule has 0 bridgehead atoms. The highest BCUT2D eigenvalue weighted by Crippen LogP contribution is 2.31. The minimum Gasteiger partial charge on any atom is -0.309 e. The van der Waals surface area contributed by atoms with Crippen LogP contribution >= 0.6 is 12.6 Å². The van der Waals surface area contributed by atoms with Crippen molar-refractivity contribution < 1.29 is 0 Å². The van der Waals surface area contributed by atoms with Crippen molar-refractivity contribution in [3.05, 3.63) is 33.7 Å². The molecule has 1 aromatic rings. The normalized spacial score (nSPS) is 17.7. The predicted octanol–water partition coefficient (Wildman–Crippen LogP) is 4.08. The Kier molecular flexibility index (Phi) is 4.44. The maximum Gasteiger partial charge on any atom is 0.255 e. The summed E-state index contributed by atoms with van der Waals surface area (Å²) in [6.45, 7) is 6.55. The van der Waals surface area contributed by atoms with Gasteiger partial charge in [0.1, 0.15) is 0 Å². The van der Waals surface area contributed by atoms with Crippen molar-refractivity contribution >= 4 is 12.6 Å². The van der Waals surface area contributed by atoms with E-state index in [9.17, 15) is 4.79 Å². The third-order valence-corrected chi connectivity index (χ3v) is 4.41. The lowest BCUT2D eigenvalue weighted by atomic mass is 9.88. The van der Waals surface area contributed by atoms with Gasteiger partial charge in [0.05, 0.1) is 0 Å². The molecular weight excluding hydrogens is 254 g/mol. The van der Waals surface area contributed by atoms with Crippen molar-refractivity contribution in [2.45, 2.75) is 70.1 Å². The van der Waals surface area contributed by atoms with Crippen LogP contribution in [-0.2, 0) is 11.2 Å². The fourth-order valence-corrected chi connectivity index (χ4v) is 3.27. The van der Waals surface area contributed by atoms with Crippen molar-refractivity contribution in [2.75, 3.05) is 0 Å². The molecule has 3 heteroatoms. The molecule has 2 rings (SSSR count). The van der Waals surface area contributed by atoms with E-state index in [0.29, 0.717) is 11.8 Å². The Morgan fingerprint density at radius 3 is 2.37 bits per heavy atom. The van der Waals surface area contributed by atoms with E-state index < -0.39 is 0 Å². The molecule has 0 N–H and O–H groups in total. The zero-order valence-electron chi connectivity index (χ0n) is 12.3. The number of nitrogens with zero attached hydrogens (tertiary/aromatic N) is 1. The second-order valence-corrected chi connectivity index (χ2v) is 6.94. The van der Waals surface area contributed by atoms with Gasteiger partial charge in [0, 0.05) is 28.5 Å². The molecule has 19 heavy (non-hydrogen) atoms. The summed E-state index contributed by atoms with van der Waals surface area (Å²) in [7, 11) is 0. The lowest BCUT2D eigenvalue weighted by molar-refractivity contribution is 0.324. The molecule has 0 spiro atoms. The zero-order chi connectivity index (χ0) is 14.0. The quantitative estimate of drug-likeness (QED) is 0.810. The first-order chi connectivity index (χ1) is 8.95. The third-order valence-electron chi connectivity index (χ3n) is 4.07. The SMILES string of the molecule is CC(C)(C)c1ccc(CS)c(=O)n1C1CCCCC1. The zero-order valence-corrected chi connectivity index (χ0v) is 13.2. The van der Waals surface area contributed by atoms with Crippen molar-refractivity contribution in [1.29, 1.82) is 0 Å². The summed E-state index contributed by atoms with van der Waals surface area (Å²) >= 11 is 4.28. The topological polar surface area (TPSA) is 22.0 Å². The molecule has 1 aromatic heterocycles. The molecule has 2 nitrogen and oxygen atoms in total. The Morgan fingerprint density at radius 2 is 1.84 bits per heavy atom. The molecule has 0 saturated heterocycles. The van der Waals surface area contributed by atoms with Crippen molar-refractivity contribution in [2.24, 2.45) is 0 Å². The van der Waals surface area contributed by atoms with Gasteiger partial charge in [-0.05, 0) is 18.9 Å². The van der Waals surface area contributed by atoms with E-state index in [1.807, 2.05) is 6.07 Å². The number of hydrogen-bond donors (Lipinski definition) is 1. The fraction of sp³-hybridized carbons (Fsp3) is 0.688. The first-order valence-electron chi connectivity index (χ1n) is 7.31. The minimum absolute atomic E-state index is 0.00569. The van der Waals surface area contributed by atoms with E-state index in [1.54, 1.807) is 0 Å². The average molecular weight is 279 g/mol. The summed E-state index contributed by atoms with van der Waals surface area (Å²) in [5.74, 6) is 0.524. The summed E-state index contributed by atoms with van der Waals surface area (Å²) in [5.41, 5.74) is 2.16. The summed E-state index contributed by atoms with van der Waals surface area (Å²) in [4.78, 5) is 12.7. The highest BCUT2D eigenvalue weighted by molar-refractivity contribution is 7.79. The van der Waals surface area contributed by atoms with Gasteiger partial charge >= 0.3 is 0 Å². The number of aromatic nitrogens is 1. The van der Waals surface area contributed by atoms with Crippen LogP contribution in [0.4, 0.5) is 0 Å². The first kappa shape index (κ1) is 14.7. The van der Waals surface area contributed by atoms with Crippen LogP contribution < -0.4 is 5.56 Å². The monoisotopic (exact) mass is 279 g/mol. The molecule has 1 aliphatic carbocycles. The third kappa shape index (κ3) is 3.07. The Morgan fingerprint density at radius 1 is 1.21 bits per heavy atom. The number of pyridine rings is 1. The smallest absolute Gasteiger partial charge is 0.255 e. The van der Waals surface area contributed by atoms with Gasteiger partial charge in [-0.15, -0.1) is 0 Å². The Bertz CT molecular complexity index is 492. The largest absolute Gasteiger partial charge is 0.309 e. The molecular formula is C16H25NOS. The molecule has 1 aliphatic rings. The van der Waals surface area contributed by atoms with Gasteiger partial charge in [-0.2, -0.15) is 12.6 Å². The van der Waals surface area contributed by atoms with Crippen LogP contribution in [0.2, 0.25) is 0 Å². The standard InChI is InChI=1S/C16H25NOS/c1-16(2,3)14-10-9-12(11-19)15(18)17(14)13-7-5-4-6-8-13/h9-10,13,19H,4-8,11H2,1-3H3. The number of rotatable bonds is 2. The summed E-state index contributed by atoms with van der Waals surface area (Å²) in [6, 6.07) is 4.46. The summed E-state index contributed by atoms with van der Waals surface area (Å²) in [5, 5.41) is 0. The van der Waals surface area contributed by atoms with E-state index >= 15 is 0 Å². The van der Waals surface area contributed by atoms with Crippen molar-refractivity contribution in [1.82, 2.24) is 4.57 Å². The van der Waals surface area contributed by atoms with Crippen LogP contribution in [0.15, 0.2) is 16.9 Å². The van der Waals surface area contributed by atoms with E-state index in [0.717, 1.165) is 24.1 Å². The van der Waals surface area contributed by atoms with Crippen molar-refractivity contribution in [3.8, 4) is 0 Å². The maximum absolute atomic E-state index is 12.7. The first-order valence-corrected chi connectivity index (χ1v) is 7.94. The fourth-order valence-electron chi connectivity index (χ4n) is 3.03. The lowest BCUT2D eigenvalue weighted by Crippen LogP contribution is -2.35. The van der Waals surface area contributed by atoms with E-state index in [2.05, 4.69) is 44.0 Å². The molecule has 0 atom stereocenters. The lowest BCUT2D eigenvalue weighted by Gasteiger charge is -2.32. The van der Waals surface area contributed by atoms with Crippen LogP contribution in [-0.4, -0.2) is 4.57 Å². The van der Waals surface area contributed by atoms with Gasteiger partial charge in [0.15, 0.2) is 0 Å². The van der Waals surface area contributed by atoms with Crippen LogP contribution in [0, 0.1) is 0 Å². The molecule has 0 amide bonds. The summed E-state index contributed by atoms with van der Waals surface area (Å²) in [6.07, 6.45) is 6.07. The van der Waals surface area contributed by atoms with Gasteiger partial charge in [-0.1, -0.05) is 46.1 Å². The highest BCUT2D eigenvalue weighted by atomic mass is 32.1. The molecule has 0 aromatic carbocycles. The number of thiol groups is 1. The van der Waals surface area contributed by atoms with Gasteiger partial charge in [0.25, 0.3) is 5.56 Å². The molecule has 1 fully saturated rings. The Labute approximate surface area is 121 Å². The van der Waals surface area contributed by atoms with Crippen LogP contribution in [0.1, 0.15) is 70.2 Å². The van der Waals surface area contributed by atoms with Crippen LogP contribution in [0.25, 0.3) is 0 Å². The van der Waals surface area contributed by atoms with Gasteiger partial charge in [-0.25, -0.2) is 0 Å². The second kappa shape index (κ2) is 5.74. The van der Waals surface area contributed by atoms with Crippen LogP contribution in [0.3, 0.4) is 0 Å². The van der Waals surface area contributed by atoms with E-state index in [4.69, 9.17) is 0 Å². The molecule has 0 aliphatic heterocycles. The minimum atomic E-state index is 0.00569. The Balaban J connectivity index is 2.56. The van der Waals surface area contributed by atoms with E-state index in [1.165, 1.54) is 19.3 Å². The number of hydrogen-bond acceptors (Lipinski definition) is 2. The highest BCUT2D eigenvalue weighted by Gasteiger charge is 2.25. The van der Waals surface area contributed by atoms with Crippen LogP contribution in [0.5, 0.6) is 0 Å². The van der Waals surface area contributed by atoms with Gasteiger partial charge in [0.2, 0.25) is 0 Å². The molecule has 1 saturated carbocycles. The molecule has 106 valence electrons.